The topological polar surface area (TPSA) is 55.8 Å². The van der Waals surface area contributed by atoms with Crippen molar-refractivity contribution < 1.29 is 19.4 Å². The lowest BCUT2D eigenvalue weighted by molar-refractivity contribution is -0.110. The van der Waals surface area contributed by atoms with E-state index >= 15 is 0 Å². The van der Waals surface area contributed by atoms with Crippen molar-refractivity contribution in [3.05, 3.63) is 65.3 Å². The Balaban J connectivity index is 2.21. The monoisotopic (exact) mass is 354 g/mol. The summed E-state index contributed by atoms with van der Waals surface area (Å²) in [6, 6.07) is 5.61. The van der Waals surface area contributed by atoms with Gasteiger partial charge in [-0.2, -0.15) is 0 Å². The second-order valence-corrected chi connectivity index (χ2v) is 6.09. The highest BCUT2D eigenvalue weighted by Crippen LogP contribution is 2.30. The van der Waals surface area contributed by atoms with Crippen LogP contribution in [0, 0.1) is 0 Å². The Morgan fingerprint density at radius 1 is 1.15 bits per heavy atom. The fourth-order valence-corrected chi connectivity index (χ4v) is 2.70. The highest BCUT2D eigenvalue weighted by Gasteiger charge is 2.16. The highest BCUT2D eigenvalue weighted by molar-refractivity contribution is 6.13. The van der Waals surface area contributed by atoms with Crippen molar-refractivity contribution in [2.24, 2.45) is 0 Å². The van der Waals surface area contributed by atoms with Crippen LogP contribution in [0.15, 0.2) is 59.7 Å². The normalized spacial score (nSPS) is 18.2. The van der Waals surface area contributed by atoms with Gasteiger partial charge in [-0.05, 0) is 41.8 Å². The van der Waals surface area contributed by atoms with Crippen molar-refractivity contribution in [2.75, 3.05) is 14.2 Å². The number of hydrogen-bond acceptors (Lipinski definition) is 4. The zero-order valence-corrected chi connectivity index (χ0v) is 15.6. The van der Waals surface area contributed by atoms with Crippen LogP contribution in [0.4, 0.5) is 0 Å². The van der Waals surface area contributed by atoms with Crippen LogP contribution in [0.5, 0.6) is 11.5 Å². The number of hydrogen-bond donors (Lipinski definition) is 1. The molecule has 1 aliphatic rings. The molecule has 1 aromatic carbocycles. The van der Waals surface area contributed by atoms with Gasteiger partial charge in [-0.25, -0.2) is 0 Å². The van der Waals surface area contributed by atoms with E-state index in [2.05, 4.69) is 6.92 Å². The van der Waals surface area contributed by atoms with Crippen LogP contribution in [-0.2, 0) is 4.79 Å². The number of methoxy groups -OCH3 is 2. The molecule has 0 spiro atoms. The molecule has 0 saturated carbocycles. The van der Waals surface area contributed by atoms with E-state index in [0.29, 0.717) is 17.1 Å². The first-order valence-electron chi connectivity index (χ1n) is 8.82. The predicted octanol–water partition coefficient (Wildman–Crippen LogP) is 4.26. The summed E-state index contributed by atoms with van der Waals surface area (Å²) in [7, 11) is 3.18. The molecule has 1 N–H and O–H groups in total. The van der Waals surface area contributed by atoms with Crippen LogP contribution in [0.1, 0.15) is 31.7 Å². The minimum Gasteiger partial charge on any atom is -0.493 e. The van der Waals surface area contributed by atoms with Crippen LogP contribution in [0.2, 0.25) is 0 Å². The van der Waals surface area contributed by atoms with Crippen molar-refractivity contribution in [3.63, 3.8) is 0 Å². The van der Waals surface area contributed by atoms with Gasteiger partial charge in [0.05, 0.1) is 20.3 Å². The lowest BCUT2D eigenvalue weighted by Gasteiger charge is -2.08. The van der Waals surface area contributed by atoms with Gasteiger partial charge in [0.25, 0.3) is 0 Å². The van der Waals surface area contributed by atoms with Gasteiger partial charge in [-0.15, -0.1) is 0 Å². The molecular weight excluding hydrogens is 328 g/mol. The van der Waals surface area contributed by atoms with Gasteiger partial charge in [0, 0.05) is 5.57 Å². The van der Waals surface area contributed by atoms with Crippen molar-refractivity contribution in [1.29, 1.82) is 0 Å². The predicted molar refractivity (Wildman–Crippen MR) is 104 cm³/mol. The van der Waals surface area contributed by atoms with Gasteiger partial charge < -0.3 is 14.6 Å². The maximum Gasteiger partial charge on any atom is 0.186 e. The molecular formula is C22H26O4. The smallest absolute Gasteiger partial charge is 0.186 e. The van der Waals surface area contributed by atoms with Gasteiger partial charge in [-0.1, -0.05) is 50.1 Å². The average molecular weight is 354 g/mol. The van der Waals surface area contributed by atoms with E-state index in [9.17, 15) is 9.90 Å². The first-order chi connectivity index (χ1) is 12.6. The molecule has 4 heteroatoms. The zero-order chi connectivity index (χ0) is 18.9. The molecule has 0 aromatic heterocycles. The summed E-state index contributed by atoms with van der Waals surface area (Å²) in [5.74, 6) is 1.26. The maximum atomic E-state index is 12.1. The molecule has 0 fully saturated rings. The van der Waals surface area contributed by atoms with Gasteiger partial charge in [0.2, 0.25) is 0 Å². The Kier molecular flexibility index (Phi) is 7.42. The largest absolute Gasteiger partial charge is 0.493 e. The first kappa shape index (κ1) is 19.7. The molecule has 0 aliphatic heterocycles. The average Bonchev–Trinajstić information content (AvgIpc) is 2.99. The molecule has 1 aliphatic carbocycles. The number of ketones is 1. The molecule has 1 atom stereocenters. The number of unbranched alkanes of at least 4 members (excludes halogenated alkanes) is 1. The van der Waals surface area contributed by atoms with E-state index in [1.807, 2.05) is 24.3 Å². The van der Waals surface area contributed by atoms with Crippen molar-refractivity contribution >= 4 is 11.9 Å². The molecule has 0 bridgehead atoms. The molecule has 1 unspecified atom stereocenters. The Hall–Kier alpha value is -2.59. The highest BCUT2D eigenvalue weighted by atomic mass is 16.5. The third kappa shape index (κ3) is 5.20. The third-order valence-electron chi connectivity index (χ3n) is 4.17. The number of aliphatic hydroxyl groups excluding tert-OH is 1. The van der Waals surface area contributed by atoms with Gasteiger partial charge in [0.15, 0.2) is 17.3 Å². The number of aliphatic hydroxyl groups is 1. The summed E-state index contributed by atoms with van der Waals surface area (Å²) in [4.78, 5) is 12.1. The molecule has 2 rings (SSSR count). The molecule has 138 valence electrons. The van der Waals surface area contributed by atoms with Gasteiger partial charge in [-0.3, -0.25) is 4.79 Å². The summed E-state index contributed by atoms with van der Waals surface area (Å²) in [6.45, 7) is 2.09. The van der Waals surface area contributed by atoms with Crippen molar-refractivity contribution in [1.82, 2.24) is 0 Å². The van der Waals surface area contributed by atoms with E-state index < -0.39 is 6.10 Å². The SMILES string of the molecule is CCCCC(O)C=CC=C1C(=O)C=CC1=Cc1ccc(OC)c(OC)c1. The number of carbonyl (C=O) groups excluding carboxylic acids is 1. The van der Waals surface area contributed by atoms with Crippen LogP contribution in [0.25, 0.3) is 6.08 Å². The lowest BCUT2D eigenvalue weighted by atomic mass is 10.0. The summed E-state index contributed by atoms with van der Waals surface area (Å²) in [5.41, 5.74) is 2.35. The number of carbonyl (C=O) groups is 1. The van der Waals surface area contributed by atoms with E-state index in [-0.39, 0.29) is 5.78 Å². The Morgan fingerprint density at radius 2 is 1.92 bits per heavy atom. The van der Waals surface area contributed by atoms with Crippen LogP contribution < -0.4 is 9.47 Å². The lowest BCUT2D eigenvalue weighted by Crippen LogP contribution is -2.01. The molecule has 4 nitrogen and oxygen atoms in total. The van der Waals surface area contributed by atoms with Gasteiger partial charge >= 0.3 is 0 Å². The molecule has 0 radical (unpaired) electrons. The Labute approximate surface area is 155 Å². The number of benzene rings is 1. The number of allylic oxidation sites excluding steroid dienone is 6. The summed E-state index contributed by atoms with van der Waals surface area (Å²) >= 11 is 0. The van der Waals surface area contributed by atoms with E-state index in [0.717, 1.165) is 30.4 Å². The van der Waals surface area contributed by atoms with Gasteiger partial charge in [0.1, 0.15) is 0 Å². The van der Waals surface area contributed by atoms with E-state index in [4.69, 9.17) is 9.47 Å². The second kappa shape index (κ2) is 9.78. The summed E-state index contributed by atoms with van der Waals surface area (Å²) in [6.07, 6.45) is 12.8. The zero-order valence-electron chi connectivity index (χ0n) is 15.6. The molecule has 1 aromatic rings. The fraction of sp³-hybridized carbons (Fsp3) is 0.318. The van der Waals surface area contributed by atoms with E-state index in [1.54, 1.807) is 44.6 Å². The quantitative estimate of drug-likeness (QED) is 0.709. The minimum absolute atomic E-state index is 0.0376. The van der Waals surface area contributed by atoms with Crippen LogP contribution >= 0.6 is 0 Å². The first-order valence-corrected chi connectivity index (χ1v) is 8.82. The molecule has 0 heterocycles. The van der Waals surface area contributed by atoms with Crippen molar-refractivity contribution in [2.45, 2.75) is 32.3 Å². The Bertz CT molecular complexity index is 753. The summed E-state index contributed by atoms with van der Waals surface area (Å²) < 4.78 is 10.6. The standard InChI is InChI=1S/C22H26O4/c1-4-5-7-18(23)8-6-9-19-17(11-12-20(19)24)14-16-10-13-21(25-2)22(15-16)26-3/h6,8-15,18,23H,4-5,7H2,1-3H3. The number of ether oxygens (including phenoxy) is 2. The Morgan fingerprint density at radius 3 is 2.62 bits per heavy atom. The minimum atomic E-state index is -0.477. The second-order valence-electron chi connectivity index (χ2n) is 6.09. The molecule has 26 heavy (non-hydrogen) atoms. The van der Waals surface area contributed by atoms with Crippen LogP contribution in [0.3, 0.4) is 0 Å². The summed E-state index contributed by atoms with van der Waals surface area (Å²) in [5, 5.41) is 9.87. The molecule has 0 saturated heterocycles. The maximum absolute atomic E-state index is 12.1. The fourth-order valence-electron chi connectivity index (χ4n) is 2.70. The van der Waals surface area contributed by atoms with Crippen molar-refractivity contribution in [3.8, 4) is 11.5 Å². The van der Waals surface area contributed by atoms with Crippen LogP contribution in [-0.4, -0.2) is 31.2 Å². The number of rotatable bonds is 8. The van der Waals surface area contributed by atoms with E-state index in [1.165, 1.54) is 0 Å². The third-order valence-corrected chi connectivity index (χ3v) is 4.17. The molecule has 0 amide bonds.